The number of Topliss-reactive ketones (excluding diaryl/α,β-unsaturated/α-hetero) is 1. The molecule has 0 heterocycles. The first-order valence-electron chi connectivity index (χ1n) is 26.4. The van der Waals surface area contributed by atoms with E-state index in [9.17, 15) is 21.6 Å². The lowest BCUT2D eigenvalue weighted by atomic mass is 9.70. The molecule has 2 fully saturated rings. The molecule has 0 radical (unpaired) electrons. The van der Waals surface area contributed by atoms with Gasteiger partial charge in [0.05, 0.1) is 45.0 Å². The Kier molecular flexibility index (Phi) is 19.7. The molecule has 9 rings (SSSR count). The Morgan fingerprint density at radius 1 is 0.513 bits per heavy atom. The number of ketones is 1. The maximum absolute atomic E-state index is 11.9. The molecule has 414 valence electrons. The predicted molar refractivity (Wildman–Crippen MR) is 322 cm³/mol. The summed E-state index contributed by atoms with van der Waals surface area (Å²) in [5.74, 6) is 0.791. The SMILES string of the molecule is CC(C)(C)c1ccc([S+](c2ccc(C(C)(C)C)cc2)c2ccc(C(C)(C)C)cc2)cc1.CC1(C)C2CCC1(CS(=O)(=O)O)C(=O)C2.COc1ccc([S+](c2ccccc2)c2ccccc2)cc1.Cc1ccc(S(=O)(=O)O)cc1. The molecule has 2 atom stereocenters. The standard InChI is InChI=1S/C30H39S.C19H17OS.C10H16O4S.C7H8O3S/c1-28(2,3)22-10-16-25(17-11-22)31(26-18-12-23(13-19-26)29(4,5)6)27-20-14-24(15-21-27)30(7,8)9;1-20-16-12-14-19(15-13-16)21(17-8-4-2-5-9-17)18-10-6-3-7-11-18;1-9(2)7-3-4-10(9,8(11)5-7)6-15(12,13)14;1-6-2-4-7(5-3-6)11(8,9)10/h10-21H,1-9H3;2-15H,1H3;7H,3-6H2,1-2H3,(H,12,13,14);2-5H,1H3,(H,8,9,10)/q2*+1;;. The number of rotatable bonds is 10. The molecular weight excluding hydrogens is 1050 g/mol. The molecule has 7 aromatic rings. The highest BCUT2D eigenvalue weighted by atomic mass is 32.2. The summed E-state index contributed by atoms with van der Waals surface area (Å²) >= 11 is 0. The smallest absolute Gasteiger partial charge is 0.294 e. The number of carbonyl (C=O) groups excluding carboxylic acids is 1. The number of aryl methyl sites for hydroxylation is 1. The number of benzene rings is 7. The van der Waals surface area contributed by atoms with Crippen LogP contribution in [0.4, 0.5) is 0 Å². The minimum absolute atomic E-state index is 0.0152. The summed E-state index contributed by atoms with van der Waals surface area (Å²) in [5, 5.41) is 0. The van der Waals surface area contributed by atoms with Gasteiger partial charge in [-0.15, -0.1) is 0 Å². The van der Waals surface area contributed by atoms with Crippen molar-refractivity contribution in [1.82, 2.24) is 0 Å². The lowest BCUT2D eigenvalue weighted by Crippen LogP contribution is -2.42. The van der Waals surface area contributed by atoms with Crippen LogP contribution in [0.15, 0.2) is 216 Å². The van der Waals surface area contributed by atoms with E-state index in [-0.39, 0.29) is 60.0 Å². The first kappa shape index (κ1) is 61.7. The molecule has 2 unspecified atom stereocenters. The van der Waals surface area contributed by atoms with Crippen molar-refractivity contribution in [2.45, 2.75) is 153 Å². The minimum atomic E-state index is -4.08. The van der Waals surface area contributed by atoms with E-state index in [1.165, 1.54) is 58.2 Å². The Hall–Kier alpha value is -5.47. The topological polar surface area (TPSA) is 135 Å². The van der Waals surface area contributed by atoms with Gasteiger partial charge in [0.2, 0.25) is 0 Å². The number of hydrogen-bond acceptors (Lipinski definition) is 6. The molecule has 2 saturated carbocycles. The predicted octanol–water partition coefficient (Wildman–Crippen LogP) is 16.0. The van der Waals surface area contributed by atoms with Gasteiger partial charge in [-0.05, 0) is 161 Å². The Balaban J connectivity index is 0.000000181. The Morgan fingerprint density at radius 2 is 0.846 bits per heavy atom. The fraction of sp³-hybridized carbons (Fsp3) is 0.348. The summed E-state index contributed by atoms with van der Waals surface area (Å²) in [6.45, 7) is 26.2. The third kappa shape index (κ3) is 15.7. The van der Waals surface area contributed by atoms with Crippen LogP contribution in [-0.2, 0) is 63.1 Å². The van der Waals surface area contributed by atoms with E-state index >= 15 is 0 Å². The molecular formula is C66H80O8S4+2. The normalized spacial score (nSPS) is 17.0. The van der Waals surface area contributed by atoms with E-state index < -0.39 is 31.4 Å². The number of methoxy groups -OCH3 is 1. The van der Waals surface area contributed by atoms with Gasteiger partial charge >= 0.3 is 0 Å². The molecule has 2 aliphatic carbocycles. The monoisotopic (exact) mass is 1130 g/mol. The lowest BCUT2D eigenvalue weighted by Gasteiger charge is -2.35. The maximum Gasteiger partial charge on any atom is 0.294 e. The third-order valence-corrected chi connectivity index (χ3v) is 21.2. The maximum atomic E-state index is 11.9. The molecule has 12 heteroatoms. The van der Waals surface area contributed by atoms with Gasteiger partial charge in [-0.1, -0.05) is 167 Å². The number of hydrogen-bond donors (Lipinski definition) is 2. The summed E-state index contributed by atoms with van der Waals surface area (Å²) in [4.78, 5) is 19.9. The Bertz CT molecular complexity index is 3110. The number of fused-ring (bicyclic) bond motifs is 2. The van der Waals surface area contributed by atoms with Crippen molar-refractivity contribution in [2.24, 2.45) is 16.7 Å². The molecule has 2 aliphatic rings. The summed E-state index contributed by atoms with van der Waals surface area (Å²) in [7, 11) is -6.60. The van der Waals surface area contributed by atoms with E-state index in [0.717, 1.165) is 17.7 Å². The van der Waals surface area contributed by atoms with Crippen LogP contribution in [0.3, 0.4) is 0 Å². The third-order valence-electron chi connectivity index (χ3n) is 15.0. The van der Waals surface area contributed by atoms with E-state index in [1.807, 2.05) is 32.9 Å². The Labute approximate surface area is 472 Å². The molecule has 0 saturated heterocycles. The van der Waals surface area contributed by atoms with Crippen LogP contribution in [-0.4, -0.2) is 44.6 Å². The van der Waals surface area contributed by atoms with Gasteiger partial charge in [0.1, 0.15) is 11.5 Å². The highest BCUT2D eigenvalue weighted by Gasteiger charge is 2.65. The number of carbonyl (C=O) groups is 1. The zero-order valence-electron chi connectivity index (χ0n) is 47.7. The molecule has 0 aromatic heterocycles. The van der Waals surface area contributed by atoms with E-state index in [0.29, 0.717) is 12.8 Å². The zero-order chi connectivity index (χ0) is 57.5. The van der Waals surface area contributed by atoms with Gasteiger partial charge in [-0.3, -0.25) is 13.9 Å². The molecule has 0 amide bonds. The second-order valence-corrected chi connectivity index (χ2v) is 30.8. The van der Waals surface area contributed by atoms with Crippen LogP contribution in [0.25, 0.3) is 0 Å². The molecule has 0 aliphatic heterocycles. The van der Waals surface area contributed by atoms with Crippen LogP contribution < -0.4 is 4.74 Å². The van der Waals surface area contributed by atoms with Gasteiger partial charge < -0.3 is 4.74 Å². The van der Waals surface area contributed by atoms with Crippen molar-refractivity contribution in [3.63, 3.8) is 0 Å². The second-order valence-electron chi connectivity index (χ2n) is 23.9. The summed E-state index contributed by atoms with van der Waals surface area (Å²) < 4.78 is 65.8. The molecule has 7 aromatic carbocycles. The van der Waals surface area contributed by atoms with E-state index in [4.69, 9.17) is 13.8 Å². The molecule has 0 spiro atoms. The van der Waals surface area contributed by atoms with Gasteiger partial charge in [0.25, 0.3) is 20.2 Å². The second kappa shape index (κ2) is 24.9. The van der Waals surface area contributed by atoms with Crippen molar-refractivity contribution < 1.29 is 35.5 Å². The van der Waals surface area contributed by atoms with E-state index in [1.54, 1.807) is 19.2 Å². The summed E-state index contributed by atoms with van der Waals surface area (Å²) in [6.07, 6.45) is 1.97. The quantitative estimate of drug-likeness (QED) is 0.102. The van der Waals surface area contributed by atoms with Crippen LogP contribution in [0.2, 0.25) is 0 Å². The average molecular weight is 1130 g/mol. The van der Waals surface area contributed by atoms with Gasteiger partial charge in [0.15, 0.2) is 29.4 Å². The largest absolute Gasteiger partial charge is 0.497 e. The molecule has 78 heavy (non-hydrogen) atoms. The van der Waals surface area contributed by atoms with Gasteiger partial charge in [0, 0.05) is 6.42 Å². The first-order valence-corrected chi connectivity index (χ1v) is 31.9. The molecule has 2 N–H and O–H groups in total. The fourth-order valence-corrected chi connectivity index (χ4v) is 15.9. The lowest BCUT2D eigenvalue weighted by molar-refractivity contribution is -0.128. The fourth-order valence-electron chi connectivity index (χ4n) is 10.0. The van der Waals surface area contributed by atoms with Crippen molar-refractivity contribution in [3.8, 4) is 5.75 Å². The van der Waals surface area contributed by atoms with Crippen molar-refractivity contribution >= 4 is 47.8 Å². The van der Waals surface area contributed by atoms with Crippen molar-refractivity contribution in [1.29, 1.82) is 0 Å². The van der Waals surface area contributed by atoms with Crippen LogP contribution in [0, 0.1) is 23.7 Å². The average Bonchev–Trinajstić information content (AvgIpc) is 4.00. The van der Waals surface area contributed by atoms with Crippen molar-refractivity contribution in [2.75, 3.05) is 12.9 Å². The van der Waals surface area contributed by atoms with Gasteiger partial charge in [-0.25, -0.2) is 0 Å². The minimum Gasteiger partial charge on any atom is -0.497 e. The van der Waals surface area contributed by atoms with Crippen molar-refractivity contribution in [3.05, 3.63) is 204 Å². The molecule has 8 nitrogen and oxygen atoms in total. The molecule has 2 bridgehead atoms. The van der Waals surface area contributed by atoms with Crippen LogP contribution in [0.5, 0.6) is 5.75 Å². The highest BCUT2D eigenvalue weighted by Crippen LogP contribution is 2.64. The zero-order valence-corrected chi connectivity index (χ0v) is 51.0. The summed E-state index contributed by atoms with van der Waals surface area (Å²) in [6, 6.07) is 63.5. The van der Waals surface area contributed by atoms with E-state index in [2.05, 4.69) is 208 Å². The van der Waals surface area contributed by atoms with Crippen LogP contribution >= 0.6 is 0 Å². The number of ether oxygens (including phenoxy) is 1. The van der Waals surface area contributed by atoms with Crippen LogP contribution in [0.1, 0.15) is 118 Å². The van der Waals surface area contributed by atoms with Gasteiger partial charge in [-0.2, -0.15) is 16.8 Å². The first-order chi connectivity index (χ1) is 36.3. The Morgan fingerprint density at radius 3 is 1.12 bits per heavy atom. The summed E-state index contributed by atoms with van der Waals surface area (Å²) in [5.41, 5.74) is 4.48. The highest BCUT2D eigenvalue weighted by molar-refractivity contribution is 7.97.